The molecular weight excluding hydrogens is 278 g/mol. The van der Waals surface area contributed by atoms with Gasteiger partial charge in [-0.15, -0.1) is 0 Å². The van der Waals surface area contributed by atoms with E-state index in [2.05, 4.69) is 15.0 Å². The molecule has 1 aromatic heterocycles. The molecule has 0 spiro atoms. The number of hydrogen-bond donors (Lipinski definition) is 3. The van der Waals surface area contributed by atoms with Crippen LogP contribution in [0.2, 0.25) is 0 Å². The van der Waals surface area contributed by atoms with Gasteiger partial charge < -0.3 is 10.3 Å². The Morgan fingerprint density at radius 1 is 1.10 bits per heavy atom. The van der Waals surface area contributed by atoms with Crippen LogP contribution in [0.1, 0.15) is 5.69 Å². The zero-order valence-corrected chi connectivity index (χ0v) is 11.5. The number of sulfonamides is 1. The molecule has 2 rings (SSSR count). The van der Waals surface area contributed by atoms with E-state index in [1.807, 2.05) is 12.1 Å². The third-order valence-corrected chi connectivity index (χ3v) is 4.03. The number of rotatable bonds is 6. The van der Waals surface area contributed by atoms with Crippen LogP contribution in [0.3, 0.4) is 0 Å². The number of carbonyl (C=O) groups excluding carboxylic acids is 1. The molecule has 20 heavy (non-hydrogen) atoms. The first-order valence-corrected chi connectivity index (χ1v) is 7.50. The van der Waals surface area contributed by atoms with E-state index in [0.717, 1.165) is 5.69 Å². The lowest BCUT2D eigenvalue weighted by Crippen LogP contribution is -2.36. The summed E-state index contributed by atoms with van der Waals surface area (Å²) in [6, 6.07) is 11.6. The van der Waals surface area contributed by atoms with E-state index < -0.39 is 10.0 Å². The van der Waals surface area contributed by atoms with Crippen molar-refractivity contribution < 1.29 is 13.2 Å². The number of H-pyrrole nitrogens is 1. The Balaban J connectivity index is 1.84. The molecule has 3 N–H and O–H groups in total. The van der Waals surface area contributed by atoms with Crippen molar-refractivity contribution in [3.05, 3.63) is 54.4 Å². The van der Waals surface area contributed by atoms with Crippen LogP contribution in [0.5, 0.6) is 0 Å². The van der Waals surface area contributed by atoms with E-state index >= 15 is 0 Å². The molecule has 0 radical (unpaired) electrons. The Morgan fingerprint density at radius 2 is 1.85 bits per heavy atom. The maximum Gasteiger partial charge on any atom is 0.241 e. The highest BCUT2D eigenvalue weighted by Gasteiger charge is 2.14. The molecule has 0 bridgehead atoms. The topological polar surface area (TPSA) is 91.1 Å². The third kappa shape index (κ3) is 3.94. The quantitative estimate of drug-likeness (QED) is 0.728. The Kier molecular flexibility index (Phi) is 4.54. The average molecular weight is 293 g/mol. The SMILES string of the molecule is O=C(CNS(=O)(=O)c1ccccc1)NCc1ccc[nH]1. The van der Waals surface area contributed by atoms with E-state index in [1.165, 1.54) is 12.1 Å². The normalized spacial score (nSPS) is 11.2. The van der Waals surface area contributed by atoms with Crippen LogP contribution in [-0.2, 0) is 21.4 Å². The molecule has 0 unspecified atom stereocenters. The Hall–Kier alpha value is -2.12. The van der Waals surface area contributed by atoms with Crippen LogP contribution >= 0.6 is 0 Å². The van der Waals surface area contributed by atoms with Crippen molar-refractivity contribution in [2.75, 3.05) is 6.54 Å². The molecule has 0 aliphatic rings. The lowest BCUT2D eigenvalue weighted by molar-refractivity contribution is -0.120. The molecule has 6 nitrogen and oxygen atoms in total. The first kappa shape index (κ1) is 14.3. The minimum Gasteiger partial charge on any atom is -0.364 e. The maximum absolute atomic E-state index is 11.9. The summed E-state index contributed by atoms with van der Waals surface area (Å²) < 4.78 is 26.0. The van der Waals surface area contributed by atoms with Gasteiger partial charge in [-0.05, 0) is 24.3 Å². The monoisotopic (exact) mass is 293 g/mol. The third-order valence-electron chi connectivity index (χ3n) is 2.61. The molecule has 0 atom stereocenters. The van der Waals surface area contributed by atoms with Crippen LogP contribution in [0, 0.1) is 0 Å². The second-order valence-corrected chi connectivity index (χ2v) is 5.88. The van der Waals surface area contributed by atoms with Gasteiger partial charge in [0.25, 0.3) is 0 Å². The fraction of sp³-hybridized carbons (Fsp3) is 0.154. The predicted octanol–water partition coefficient (Wildman–Crippen LogP) is 0.609. The van der Waals surface area contributed by atoms with Gasteiger partial charge in [-0.25, -0.2) is 13.1 Å². The summed E-state index contributed by atoms with van der Waals surface area (Å²) in [7, 11) is -3.65. The standard InChI is InChI=1S/C13H15N3O3S/c17-13(15-9-11-5-4-8-14-11)10-16-20(18,19)12-6-2-1-3-7-12/h1-8,14,16H,9-10H2,(H,15,17). The highest BCUT2D eigenvalue weighted by molar-refractivity contribution is 7.89. The average Bonchev–Trinajstić information content (AvgIpc) is 2.97. The molecule has 1 aromatic carbocycles. The van der Waals surface area contributed by atoms with E-state index in [-0.39, 0.29) is 17.3 Å². The number of amides is 1. The van der Waals surface area contributed by atoms with Crippen LogP contribution < -0.4 is 10.0 Å². The minimum absolute atomic E-state index is 0.136. The summed E-state index contributed by atoms with van der Waals surface area (Å²) in [6.45, 7) is 0.0385. The van der Waals surface area contributed by atoms with Crippen molar-refractivity contribution in [1.82, 2.24) is 15.0 Å². The van der Waals surface area contributed by atoms with Crippen molar-refractivity contribution in [2.24, 2.45) is 0 Å². The lowest BCUT2D eigenvalue weighted by Gasteiger charge is -2.07. The van der Waals surface area contributed by atoms with Gasteiger partial charge in [0, 0.05) is 11.9 Å². The molecule has 0 fully saturated rings. The van der Waals surface area contributed by atoms with E-state index in [0.29, 0.717) is 6.54 Å². The van der Waals surface area contributed by atoms with Gasteiger partial charge in [0.15, 0.2) is 0 Å². The Morgan fingerprint density at radius 3 is 2.50 bits per heavy atom. The molecule has 2 aromatic rings. The smallest absolute Gasteiger partial charge is 0.241 e. The van der Waals surface area contributed by atoms with Gasteiger partial charge in [-0.1, -0.05) is 18.2 Å². The van der Waals surface area contributed by atoms with Crippen LogP contribution in [0.4, 0.5) is 0 Å². The van der Waals surface area contributed by atoms with Crippen molar-refractivity contribution in [2.45, 2.75) is 11.4 Å². The molecular formula is C13H15N3O3S. The van der Waals surface area contributed by atoms with Crippen molar-refractivity contribution in [3.63, 3.8) is 0 Å². The van der Waals surface area contributed by atoms with E-state index in [4.69, 9.17) is 0 Å². The van der Waals surface area contributed by atoms with Gasteiger partial charge in [0.05, 0.1) is 18.0 Å². The number of carbonyl (C=O) groups is 1. The molecule has 1 heterocycles. The van der Waals surface area contributed by atoms with Gasteiger partial charge in [-0.3, -0.25) is 4.79 Å². The molecule has 0 saturated carbocycles. The van der Waals surface area contributed by atoms with E-state index in [1.54, 1.807) is 24.4 Å². The van der Waals surface area contributed by atoms with Crippen molar-refractivity contribution in [3.8, 4) is 0 Å². The van der Waals surface area contributed by atoms with E-state index in [9.17, 15) is 13.2 Å². The molecule has 0 aliphatic heterocycles. The van der Waals surface area contributed by atoms with Crippen LogP contribution in [0.15, 0.2) is 53.6 Å². The summed E-state index contributed by atoms with van der Waals surface area (Å²) in [5.74, 6) is -0.390. The summed E-state index contributed by atoms with van der Waals surface area (Å²) in [6.07, 6.45) is 1.75. The molecule has 106 valence electrons. The summed E-state index contributed by atoms with van der Waals surface area (Å²) in [5, 5.41) is 2.61. The molecule has 1 amide bonds. The first-order chi connectivity index (χ1) is 9.58. The molecule has 0 aliphatic carbocycles. The second kappa shape index (κ2) is 6.36. The lowest BCUT2D eigenvalue weighted by atomic mass is 10.4. The summed E-state index contributed by atoms with van der Waals surface area (Å²) >= 11 is 0. The zero-order valence-electron chi connectivity index (χ0n) is 10.7. The number of nitrogens with one attached hydrogen (secondary N) is 3. The number of benzene rings is 1. The van der Waals surface area contributed by atoms with Gasteiger partial charge in [0.2, 0.25) is 15.9 Å². The fourth-order valence-electron chi connectivity index (χ4n) is 1.58. The fourth-order valence-corrected chi connectivity index (χ4v) is 2.58. The summed E-state index contributed by atoms with van der Waals surface area (Å²) in [4.78, 5) is 14.6. The zero-order chi connectivity index (χ0) is 14.4. The number of hydrogen-bond acceptors (Lipinski definition) is 3. The Bertz CT molecular complexity index is 651. The highest BCUT2D eigenvalue weighted by atomic mass is 32.2. The second-order valence-electron chi connectivity index (χ2n) is 4.11. The number of aromatic amines is 1. The first-order valence-electron chi connectivity index (χ1n) is 6.01. The van der Waals surface area contributed by atoms with Crippen molar-refractivity contribution in [1.29, 1.82) is 0 Å². The van der Waals surface area contributed by atoms with Crippen LogP contribution in [-0.4, -0.2) is 25.9 Å². The maximum atomic E-state index is 11.9. The predicted molar refractivity (Wildman–Crippen MR) is 74.3 cm³/mol. The van der Waals surface area contributed by atoms with Gasteiger partial charge in [-0.2, -0.15) is 0 Å². The van der Waals surface area contributed by atoms with Crippen molar-refractivity contribution >= 4 is 15.9 Å². The Labute approximate surface area is 117 Å². The van der Waals surface area contributed by atoms with Crippen LogP contribution in [0.25, 0.3) is 0 Å². The van der Waals surface area contributed by atoms with Gasteiger partial charge in [0.1, 0.15) is 0 Å². The largest absolute Gasteiger partial charge is 0.364 e. The summed E-state index contributed by atoms with van der Waals surface area (Å²) in [5.41, 5.74) is 0.851. The molecule has 7 heteroatoms. The molecule has 0 saturated heterocycles. The number of aromatic nitrogens is 1. The van der Waals surface area contributed by atoms with Gasteiger partial charge >= 0.3 is 0 Å². The highest BCUT2D eigenvalue weighted by Crippen LogP contribution is 2.06. The minimum atomic E-state index is -3.65.